The highest BCUT2D eigenvalue weighted by atomic mass is 16.7. The van der Waals surface area contributed by atoms with Gasteiger partial charge in [-0.15, -0.1) is 0 Å². The number of aromatic nitrogens is 4. The minimum Gasteiger partial charge on any atom is -0.495 e. The van der Waals surface area contributed by atoms with E-state index in [1.165, 1.54) is 11.7 Å². The van der Waals surface area contributed by atoms with Crippen LogP contribution in [-0.4, -0.2) is 46.0 Å². The molecule has 0 saturated heterocycles. The van der Waals surface area contributed by atoms with Crippen LogP contribution in [0.15, 0.2) is 48.5 Å². The molecule has 4 aromatic rings. The number of nitriles is 1. The summed E-state index contributed by atoms with van der Waals surface area (Å²) in [4.78, 5) is 25.5. The molecule has 0 N–H and O–H groups in total. The summed E-state index contributed by atoms with van der Waals surface area (Å²) in [5.41, 5.74) is 1.63. The van der Waals surface area contributed by atoms with Crippen molar-refractivity contribution in [2.24, 2.45) is 0 Å². The largest absolute Gasteiger partial charge is 0.516 e. The van der Waals surface area contributed by atoms with Crippen molar-refractivity contribution in [1.29, 1.82) is 5.26 Å². The SMILES string of the molecule is CCOC(=O)Oc1nc2c(C#N)nc(-c3ccc(OCC)cc3)nc2n1-c1ccccc1OC. The van der Waals surface area contributed by atoms with Crippen molar-refractivity contribution in [3.8, 4) is 40.7 Å². The van der Waals surface area contributed by atoms with Crippen molar-refractivity contribution in [1.82, 2.24) is 19.5 Å². The molecule has 172 valence electrons. The van der Waals surface area contributed by atoms with E-state index in [1.54, 1.807) is 55.5 Å². The smallest absolute Gasteiger partial charge is 0.495 e. The van der Waals surface area contributed by atoms with Crippen LogP contribution in [0.2, 0.25) is 0 Å². The number of para-hydroxylation sites is 2. The maximum absolute atomic E-state index is 12.1. The molecule has 0 amide bonds. The summed E-state index contributed by atoms with van der Waals surface area (Å²) in [6.45, 7) is 4.23. The lowest BCUT2D eigenvalue weighted by atomic mass is 10.2. The average molecular weight is 459 g/mol. The van der Waals surface area contributed by atoms with Crippen LogP contribution in [0.25, 0.3) is 28.2 Å². The lowest BCUT2D eigenvalue weighted by molar-refractivity contribution is 0.100. The van der Waals surface area contributed by atoms with Gasteiger partial charge >= 0.3 is 12.2 Å². The third kappa shape index (κ3) is 4.31. The topological polar surface area (TPSA) is 121 Å². The molecule has 10 nitrogen and oxygen atoms in total. The van der Waals surface area contributed by atoms with E-state index in [4.69, 9.17) is 18.9 Å². The molecule has 0 atom stereocenters. The van der Waals surface area contributed by atoms with Gasteiger partial charge < -0.3 is 18.9 Å². The Morgan fingerprint density at radius 2 is 1.79 bits per heavy atom. The number of nitrogens with zero attached hydrogens (tertiary/aromatic N) is 5. The van der Waals surface area contributed by atoms with Crippen LogP contribution in [0.3, 0.4) is 0 Å². The molecule has 2 heterocycles. The van der Waals surface area contributed by atoms with E-state index in [0.717, 1.165) is 0 Å². The first-order valence-corrected chi connectivity index (χ1v) is 10.5. The van der Waals surface area contributed by atoms with Crippen LogP contribution in [0.5, 0.6) is 17.5 Å². The molecule has 0 fully saturated rings. The summed E-state index contributed by atoms with van der Waals surface area (Å²) in [6.07, 6.45) is -0.938. The van der Waals surface area contributed by atoms with E-state index >= 15 is 0 Å². The van der Waals surface area contributed by atoms with Crippen LogP contribution in [0.4, 0.5) is 4.79 Å². The summed E-state index contributed by atoms with van der Waals surface area (Å²) in [6, 6.07) is 16.2. The van der Waals surface area contributed by atoms with Gasteiger partial charge in [-0.2, -0.15) is 10.2 Å². The fourth-order valence-electron chi connectivity index (χ4n) is 3.33. The van der Waals surface area contributed by atoms with E-state index in [1.807, 2.05) is 6.92 Å². The van der Waals surface area contributed by atoms with Gasteiger partial charge in [0, 0.05) is 5.56 Å². The molecule has 2 aromatic heterocycles. The second-order valence-corrected chi connectivity index (χ2v) is 6.82. The van der Waals surface area contributed by atoms with Gasteiger partial charge in [-0.25, -0.2) is 19.3 Å². The number of fused-ring (bicyclic) bond motifs is 1. The van der Waals surface area contributed by atoms with Gasteiger partial charge in [-0.1, -0.05) is 12.1 Å². The van der Waals surface area contributed by atoms with Crippen LogP contribution < -0.4 is 14.2 Å². The fraction of sp³-hybridized carbons (Fsp3) is 0.208. The van der Waals surface area contributed by atoms with Gasteiger partial charge in [0.25, 0.3) is 0 Å². The van der Waals surface area contributed by atoms with Crippen molar-refractivity contribution < 1.29 is 23.7 Å². The third-order valence-corrected chi connectivity index (χ3v) is 4.77. The predicted octanol–water partition coefficient (Wildman–Crippen LogP) is 4.30. The predicted molar refractivity (Wildman–Crippen MR) is 122 cm³/mol. The standard InChI is InChI=1S/C24H21N5O5/c1-4-32-16-12-10-15(11-13-16)21-26-17(14-25)20-22(28-21)29(18-8-6-7-9-19(18)31-3)23(27-20)34-24(30)33-5-2/h6-13H,4-5H2,1-3H3. The van der Waals surface area contributed by atoms with E-state index < -0.39 is 6.16 Å². The minimum absolute atomic E-state index is 0.0243. The highest BCUT2D eigenvalue weighted by Gasteiger charge is 2.24. The van der Waals surface area contributed by atoms with Crippen molar-refractivity contribution in [3.05, 3.63) is 54.2 Å². The van der Waals surface area contributed by atoms with Crippen molar-refractivity contribution in [2.75, 3.05) is 20.3 Å². The molecule has 0 bridgehead atoms. The van der Waals surface area contributed by atoms with E-state index in [-0.39, 0.29) is 29.5 Å². The molecule has 0 radical (unpaired) electrons. The zero-order valence-corrected chi connectivity index (χ0v) is 18.8. The van der Waals surface area contributed by atoms with Gasteiger partial charge in [0.2, 0.25) is 0 Å². The lowest BCUT2D eigenvalue weighted by Gasteiger charge is -2.12. The quantitative estimate of drug-likeness (QED) is 0.372. The van der Waals surface area contributed by atoms with E-state index in [0.29, 0.717) is 35.2 Å². The number of imidazole rings is 1. The molecular formula is C24H21N5O5. The summed E-state index contributed by atoms with van der Waals surface area (Å²) >= 11 is 0. The normalized spacial score (nSPS) is 10.5. The van der Waals surface area contributed by atoms with Gasteiger partial charge in [0.15, 0.2) is 17.2 Å². The molecule has 0 saturated carbocycles. The lowest BCUT2D eigenvalue weighted by Crippen LogP contribution is -2.13. The molecule has 0 unspecified atom stereocenters. The number of methoxy groups -OCH3 is 1. The molecule has 34 heavy (non-hydrogen) atoms. The Hall–Kier alpha value is -4.65. The maximum Gasteiger partial charge on any atom is 0.516 e. The zero-order valence-electron chi connectivity index (χ0n) is 18.8. The Bertz CT molecular complexity index is 1380. The molecule has 2 aromatic carbocycles. The zero-order chi connectivity index (χ0) is 24.1. The van der Waals surface area contributed by atoms with Crippen LogP contribution in [0, 0.1) is 11.3 Å². The molecule has 0 aliphatic rings. The Kier molecular flexibility index (Phi) is 6.54. The summed E-state index contributed by atoms with van der Waals surface area (Å²) in [5, 5.41) is 9.79. The highest BCUT2D eigenvalue weighted by molar-refractivity contribution is 5.83. The second kappa shape index (κ2) is 9.87. The molecule has 0 aliphatic heterocycles. The Morgan fingerprint density at radius 3 is 2.47 bits per heavy atom. The van der Waals surface area contributed by atoms with Crippen molar-refractivity contribution in [3.63, 3.8) is 0 Å². The van der Waals surface area contributed by atoms with Gasteiger partial charge in [-0.3, -0.25) is 0 Å². The monoisotopic (exact) mass is 459 g/mol. The Labute approximate surface area is 195 Å². The Morgan fingerprint density at radius 1 is 1.03 bits per heavy atom. The van der Waals surface area contributed by atoms with Crippen LogP contribution in [-0.2, 0) is 4.74 Å². The van der Waals surface area contributed by atoms with Crippen molar-refractivity contribution in [2.45, 2.75) is 13.8 Å². The summed E-state index contributed by atoms with van der Waals surface area (Å²) < 4.78 is 22.7. The summed E-state index contributed by atoms with van der Waals surface area (Å²) in [5.74, 6) is 1.48. The van der Waals surface area contributed by atoms with Gasteiger partial charge in [-0.05, 0) is 50.2 Å². The number of benzene rings is 2. The van der Waals surface area contributed by atoms with Crippen LogP contribution >= 0.6 is 0 Å². The van der Waals surface area contributed by atoms with Crippen LogP contribution in [0.1, 0.15) is 19.5 Å². The van der Waals surface area contributed by atoms with E-state index in [2.05, 4.69) is 21.0 Å². The third-order valence-electron chi connectivity index (χ3n) is 4.77. The number of hydrogen-bond donors (Lipinski definition) is 0. The average Bonchev–Trinajstić information content (AvgIpc) is 3.21. The minimum atomic E-state index is -0.938. The number of carbonyl (C=O) groups excluding carboxylic acids is 1. The number of ether oxygens (including phenoxy) is 4. The van der Waals surface area contributed by atoms with Gasteiger partial charge in [0.1, 0.15) is 23.1 Å². The second-order valence-electron chi connectivity index (χ2n) is 6.82. The maximum atomic E-state index is 12.1. The molecule has 0 aliphatic carbocycles. The number of rotatable bonds is 7. The number of carbonyl (C=O) groups is 1. The molecular weight excluding hydrogens is 438 g/mol. The first kappa shape index (κ1) is 22.5. The fourth-order valence-corrected chi connectivity index (χ4v) is 3.33. The van der Waals surface area contributed by atoms with E-state index in [9.17, 15) is 10.1 Å². The first-order chi connectivity index (χ1) is 16.6. The summed E-state index contributed by atoms with van der Waals surface area (Å²) in [7, 11) is 1.52. The van der Waals surface area contributed by atoms with Crippen molar-refractivity contribution >= 4 is 17.3 Å². The highest BCUT2D eigenvalue weighted by Crippen LogP contribution is 2.33. The molecule has 10 heteroatoms. The molecule has 4 rings (SSSR count). The number of hydrogen-bond acceptors (Lipinski definition) is 9. The molecule has 0 spiro atoms. The first-order valence-electron chi connectivity index (χ1n) is 10.5. The van der Waals surface area contributed by atoms with Gasteiger partial charge in [0.05, 0.1) is 26.0 Å². The Balaban J connectivity index is 1.96.